The van der Waals surface area contributed by atoms with Crippen molar-refractivity contribution in [1.82, 2.24) is 4.90 Å². The zero-order valence-corrected chi connectivity index (χ0v) is 8.56. The monoisotopic (exact) mass is 193 g/mol. The van der Waals surface area contributed by atoms with Crippen molar-refractivity contribution in [3.63, 3.8) is 0 Å². The molecule has 2 amide bonds. The van der Waals surface area contributed by atoms with Crippen LogP contribution < -0.4 is 0 Å². The molecule has 2 rings (SSSR count). The van der Waals surface area contributed by atoms with E-state index in [4.69, 9.17) is 0 Å². The molecule has 3 nitrogen and oxygen atoms in total. The van der Waals surface area contributed by atoms with Crippen molar-refractivity contribution >= 4 is 11.8 Å². The maximum Gasteiger partial charge on any atom is 0.253 e. The van der Waals surface area contributed by atoms with E-state index in [9.17, 15) is 9.59 Å². The molecule has 1 aliphatic carbocycles. The Kier molecular flexibility index (Phi) is 2.17. The van der Waals surface area contributed by atoms with E-state index in [1.54, 1.807) is 0 Å². The first kappa shape index (κ1) is 9.44. The standard InChI is InChI=1S/C11H15NO2/c1-7-3-4-9(8(7)2)12-10(13)5-6-11(12)14/h5-9H,3-4H2,1-2H3/t7?,8-,9+/m1/s1. The van der Waals surface area contributed by atoms with Crippen LogP contribution in [0.25, 0.3) is 0 Å². The first-order valence-corrected chi connectivity index (χ1v) is 5.16. The van der Waals surface area contributed by atoms with E-state index >= 15 is 0 Å². The van der Waals surface area contributed by atoms with Crippen LogP contribution in [0.2, 0.25) is 0 Å². The second-order valence-corrected chi connectivity index (χ2v) is 4.36. The van der Waals surface area contributed by atoms with E-state index in [0.29, 0.717) is 11.8 Å². The van der Waals surface area contributed by atoms with E-state index in [1.807, 2.05) is 0 Å². The Morgan fingerprint density at radius 2 is 1.71 bits per heavy atom. The molecule has 0 aromatic carbocycles. The molecule has 0 aromatic rings. The van der Waals surface area contributed by atoms with E-state index in [1.165, 1.54) is 17.1 Å². The van der Waals surface area contributed by atoms with Gasteiger partial charge in [-0.3, -0.25) is 14.5 Å². The number of carbonyl (C=O) groups excluding carboxylic acids is 2. The van der Waals surface area contributed by atoms with Crippen LogP contribution >= 0.6 is 0 Å². The number of carbonyl (C=O) groups is 2. The van der Waals surface area contributed by atoms with Gasteiger partial charge in [0.1, 0.15) is 0 Å². The van der Waals surface area contributed by atoms with Gasteiger partial charge in [0.05, 0.1) is 0 Å². The van der Waals surface area contributed by atoms with Crippen molar-refractivity contribution in [3.05, 3.63) is 12.2 Å². The third-order valence-electron chi connectivity index (χ3n) is 3.60. The zero-order valence-electron chi connectivity index (χ0n) is 8.56. The highest BCUT2D eigenvalue weighted by Crippen LogP contribution is 2.35. The minimum absolute atomic E-state index is 0.125. The third kappa shape index (κ3) is 1.27. The first-order chi connectivity index (χ1) is 6.61. The molecule has 1 aliphatic heterocycles. The Morgan fingerprint density at radius 3 is 2.14 bits per heavy atom. The van der Waals surface area contributed by atoms with Gasteiger partial charge >= 0.3 is 0 Å². The molecule has 0 N–H and O–H groups in total. The molecule has 3 atom stereocenters. The zero-order chi connectivity index (χ0) is 10.3. The number of hydrogen-bond acceptors (Lipinski definition) is 2. The maximum absolute atomic E-state index is 11.4. The van der Waals surface area contributed by atoms with Gasteiger partial charge in [-0.25, -0.2) is 0 Å². The average molecular weight is 193 g/mol. The summed E-state index contributed by atoms with van der Waals surface area (Å²) < 4.78 is 0. The summed E-state index contributed by atoms with van der Waals surface area (Å²) in [5, 5.41) is 0. The van der Waals surface area contributed by atoms with Gasteiger partial charge in [-0.15, -0.1) is 0 Å². The molecule has 1 fully saturated rings. The molecular weight excluding hydrogens is 178 g/mol. The Labute approximate surface area is 83.8 Å². The van der Waals surface area contributed by atoms with Crippen LogP contribution in [0.3, 0.4) is 0 Å². The Bertz CT molecular complexity index is 290. The lowest BCUT2D eigenvalue weighted by Crippen LogP contribution is -2.42. The number of hydrogen-bond donors (Lipinski definition) is 0. The fourth-order valence-corrected chi connectivity index (χ4v) is 2.44. The molecule has 1 unspecified atom stereocenters. The van der Waals surface area contributed by atoms with Crippen LogP contribution in [0.1, 0.15) is 26.7 Å². The van der Waals surface area contributed by atoms with Crippen molar-refractivity contribution in [1.29, 1.82) is 0 Å². The largest absolute Gasteiger partial charge is 0.272 e. The van der Waals surface area contributed by atoms with Crippen molar-refractivity contribution in [2.45, 2.75) is 32.7 Å². The van der Waals surface area contributed by atoms with Crippen LogP contribution in [0, 0.1) is 11.8 Å². The fraction of sp³-hybridized carbons (Fsp3) is 0.636. The fourth-order valence-electron chi connectivity index (χ4n) is 2.44. The van der Waals surface area contributed by atoms with Gasteiger partial charge in [-0.2, -0.15) is 0 Å². The molecule has 1 heterocycles. The lowest BCUT2D eigenvalue weighted by Gasteiger charge is -2.26. The summed E-state index contributed by atoms with van der Waals surface area (Å²) >= 11 is 0. The smallest absolute Gasteiger partial charge is 0.253 e. The summed E-state index contributed by atoms with van der Waals surface area (Å²) in [6.07, 6.45) is 4.82. The number of nitrogens with zero attached hydrogens (tertiary/aromatic N) is 1. The van der Waals surface area contributed by atoms with E-state index in [-0.39, 0.29) is 17.9 Å². The molecule has 0 radical (unpaired) electrons. The van der Waals surface area contributed by atoms with Gasteiger partial charge in [-0.05, 0) is 24.7 Å². The van der Waals surface area contributed by atoms with E-state index in [2.05, 4.69) is 13.8 Å². The Morgan fingerprint density at radius 1 is 1.14 bits per heavy atom. The Balaban J connectivity index is 2.16. The molecule has 14 heavy (non-hydrogen) atoms. The normalized spacial score (nSPS) is 37.3. The predicted molar refractivity (Wildman–Crippen MR) is 52.3 cm³/mol. The molecule has 0 saturated heterocycles. The van der Waals surface area contributed by atoms with Crippen LogP contribution in [-0.2, 0) is 9.59 Å². The first-order valence-electron chi connectivity index (χ1n) is 5.16. The highest BCUT2D eigenvalue weighted by Gasteiger charge is 2.39. The van der Waals surface area contributed by atoms with Crippen LogP contribution in [-0.4, -0.2) is 22.8 Å². The quantitative estimate of drug-likeness (QED) is 0.589. The lowest BCUT2D eigenvalue weighted by molar-refractivity contribution is -0.140. The van der Waals surface area contributed by atoms with Crippen molar-refractivity contribution in [2.75, 3.05) is 0 Å². The van der Waals surface area contributed by atoms with Gasteiger partial charge in [0, 0.05) is 18.2 Å². The van der Waals surface area contributed by atoms with Crippen LogP contribution in [0.15, 0.2) is 12.2 Å². The topological polar surface area (TPSA) is 37.4 Å². The molecule has 2 aliphatic rings. The molecule has 0 spiro atoms. The predicted octanol–water partition coefficient (Wildman–Crippen LogP) is 1.35. The lowest BCUT2D eigenvalue weighted by atomic mass is 9.97. The van der Waals surface area contributed by atoms with Gasteiger partial charge in [0.15, 0.2) is 0 Å². The summed E-state index contributed by atoms with van der Waals surface area (Å²) in [6.45, 7) is 4.31. The minimum Gasteiger partial charge on any atom is -0.272 e. The molecular formula is C11H15NO2. The molecule has 76 valence electrons. The van der Waals surface area contributed by atoms with Crippen molar-refractivity contribution in [3.8, 4) is 0 Å². The second-order valence-electron chi connectivity index (χ2n) is 4.36. The molecule has 0 aromatic heterocycles. The third-order valence-corrected chi connectivity index (χ3v) is 3.60. The van der Waals surface area contributed by atoms with Crippen LogP contribution in [0.4, 0.5) is 0 Å². The average Bonchev–Trinajstić information content (AvgIpc) is 2.62. The summed E-state index contributed by atoms with van der Waals surface area (Å²) in [5.74, 6) is 0.769. The Hall–Kier alpha value is -1.12. The van der Waals surface area contributed by atoms with Crippen molar-refractivity contribution in [2.24, 2.45) is 11.8 Å². The summed E-state index contributed by atoms with van der Waals surface area (Å²) in [7, 11) is 0. The summed E-state index contributed by atoms with van der Waals surface area (Å²) in [5.41, 5.74) is 0. The highest BCUT2D eigenvalue weighted by molar-refractivity contribution is 6.13. The second kappa shape index (κ2) is 3.23. The van der Waals surface area contributed by atoms with Gasteiger partial charge in [0.25, 0.3) is 11.8 Å². The highest BCUT2D eigenvalue weighted by atomic mass is 16.2. The number of rotatable bonds is 1. The van der Waals surface area contributed by atoms with Crippen LogP contribution in [0.5, 0.6) is 0 Å². The van der Waals surface area contributed by atoms with Gasteiger partial charge in [0.2, 0.25) is 0 Å². The van der Waals surface area contributed by atoms with Gasteiger partial charge < -0.3 is 0 Å². The minimum atomic E-state index is -0.138. The van der Waals surface area contributed by atoms with E-state index in [0.717, 1.165) is 12.8 Å². The number of amides is 2. The van der Waals surface area contributed by atoms with E-state index < -0.39 is 0 Å². The summed E-state index contributed by atoms with van der Waals surface area (Å²) in [6, 6.07) is 0.125. The molecule has 3 heteroatoms. The molecule has 0 bridgehead atoms. The molecule has 1 saturated carbocycles. The van der Waals surface area contributed by atoms with Crippen molar-refractivity contribution < 1.29 is 9.59 Å². The SMILES string of the molecule is CC1CC[C@H](N2C(=O)C=CC2=O)[C@@H]1C. The van der Waals surface area contributed by atoms with Gasteiger partial charge in [-0.1, -0.05) is 13.8 Å². The maximum atomic E-state index is 11.4. The summed E-state index contributed by atoms with van der Waals surface area (Å²) in [4.78, 5) is 24.3. The number of imide groups is 1.